The highest BCUT2D eigenvalue weighted by molar-refractivity contribution is 5.19. The highest BCUT2D eigenvalue weighted by Crippen LogP contribution is 2.14. The van der Waals surface area contributed by atoms with Gasteiger partial charge in [-0.05, 0) is 32.1 Å². The van der Waals surface area contributed by atoms with E-state index in [1.807, 2.05) is 6.92 Å². The average Bonchev–Trinajstić information content (AvgIpc) is 2.46. The van der Waals surface area contributed by atoms with Crippen LogP contribution in [0.2, 0.25) is 0 Å². The second-order valence-electron chi connectivity index (χ2n) is 3.35. The normalized spacial score (nSPS) is 11.2. The van der Waals surface area contributed by atoms with Gasteiger partial charge in [-0.2, -0.15) is 0 Å². The first-order chi connectivity index (χ1) is 6.17. The predicted molar refractivity (Wildman–Crippen MR) is 53.3 cm³/mol. The van der Waals surface area contributed by atoms with Crippen LogP contribution in [0, 0.1) is 6.92 Å². The molecule has 0 aliphatic rings. The molecule has 1 rings (SSSR count). The summed E-state index contributed by atoms with van der Waals surface area (Å²) in [5.74, 6) is 1.90. The molecule has 13 heavy (non-hydrogen) atoms. The molecule has 0 fully saturated rings. The number of nitrogens with zero attached hydrogens (tertiary/aromatic N) is 1. The summed E-state index contributed by atoms with van der Waals surface area (Å²) < 4.78 is 5.57. The van der Waals surface area contributed by atoms with Gasteiger partial charge in [0.15, 0.2) is 0 Å². The first-order valence-corrected chi connectivity index (χ1v) is 4.64. The minimum Gasteiger partial charge on any atom is -0.463 e. The van der Waals surface area contributed by atoms with E-state index in [9.17, 15) is 0 Å². The summed E-state index contributed by atoms with van der Waals surface area (Å²) in [5, 5.41) is 0. The molecule has 0 saturated carbocycles. The Morgan fingerprint density at radius 1 is 1.54 bits per heavy atom. The van der Waals surface area contributed by atoms with Crippen molar-refractivity contribution in [1.29, 1.82) is 0 Å². The maximum atomic E-state index is 5.57. The lowest BCUT2D eigenvalue weighted by Crippen LogP contribution is -2.16. The Morgan fingerprint density at radius 3 is 2.69 bits per heavy atom. The fraction of sp³-hybridized carbons (Fsp3) is 0.600. The van der Waals surface area contributed by atoms with E-state index in [0.717, 1.165) is 30.2 Å². The minimum absolute atomic E-state index is 0.488. The standard InChI is InChI=1S/C10H18N2O/c1-4-12(3)7-9-5-8(2)10(6-11)13-9/h5H,4,6-7,11H2,1-3H3. The fourth-order valence-corrected chi connectivity index (χ4v) is 1.25. The second kappa shape index (κ2) is 4.44. The summed E-state index contributed by atoms with van der Waals surface area (Å²) in [6.45, 7) is 6.53. The number of hydrogen-bond donors (Lipinski definition) is 1. The first-order valence-electron chi connectivity index (χ1n) is 4.64. The van der Waals surface area contributed by atoms with Crippen molar-refractivity contribution < 1.29 is 4.42 Å². The lowest BCUT2D eigenvalue weighted by atomic mass is 10.2. The zero-order valence-electron chi connectivity index (χ0n) is 8.63. The number of rotatable bonds is 4. The number of furan rings is 1. The van der Waals surface area contributed by atoms with E-state index in [2.05, 4.69) is 24.9 Å². The fourth-order valence-electron chi connectivity index (χ4n) is 1.25. The van der Waals surface area contributed by atoms with Gasteiger partial charge in [-0.1, -0.05) is 6.92 Å². The van der Waals surface area contributed by atoms with E-state index in [4.69, 9.17) is 10.2 Å². The van der Waals surface area contributed by atoms with Crippen molar-refractivity contribution in [1.82, 2.24) is 4.90 Å². The quantitative estimate of drug-likeness (QED) is 0.767. The Balaban J connectivity index is 2.67. The van der Waals surface area contributed by atoms with Gasteiger partial charge in [0.05, 0.1) is 13.1 Å². The van der Waals surface area contributed by atoms with Crippen molar-refractivity contribution in [3.05, 3.63) is 23.2 Å². The van der Waals surface area contributed by atoms with Gasteiger partial charge in [0.1, 0.15) is 11.5 Å². The van der Waals surface area contributed by atoms with Crippen LogP contribution >= 0.6 is 0 Å². The highest BCUT2D eigenvalue weighted by atomic mass is 16.3. The molecule has 0 unspecified atom stereocenters. The van der Waals surface area contributed by atoms with Crippen LogP contribution in [0.1, 0.15) is 24.0 Å². The Morgan fingerprint density at radius 2 is 2.23 bits per heavy atom. The van der Waals surface area contributed by atoms with Crippen LogP contribution in [-0.2, 0) is 13.1 Å². The van der Waals surface area contributed by atoms with Gasteiger partial charge in [-0.3, -0.25) is 4.90 Å². The smallest absolute Gasteiger partial charge is 0.120 e. The third kappa shape index (κ3) is 2.57. The van der Waals surface area contributed by atoms with Crippen molar-refractivity contribution >= 4 is 0 Å². The molecule has 0 amide bonds. The molecule has 0 aliphatic heterocycles. The molecule has 0 saturated heterocycles. The van der Waals surface area contributed by atoms with Gasteiger partial charge in [0, 0.05) is 0 Å². The second-order valence-corrected chi connectivity index (χ2v) is 3.35. The van der Waals surface area contributed by atoms with Crippen molar-refractivity contribution in [2.75, 3.05) is 13.6 Å². The Hall–Kier alpha value is -0.800. The molecule has 1 aromatic heterocycles. The summed E-state index contributed by atoms with van der Waals surface area (Å²) in [7, 11) is 2.07. The van der Waals surface area contributed by atoms with E-state index in [1.54, 1.807) is 0 Å². The van der Waals surface area contributed by atoms with E-state index >= 15 is 0 Å². The molecule has 3 heteroatoms. The Bertz CT molecular complexity index is 268. The van der Waals surface area contributed by atoms with E-state index in [1.165, 1.54) is 0 Å². The average molecular weight is 182 g/mol. The predicted octanol–water partition coefficient (Wildman–Crippen LogP) is 1.50. The van der Waals surface area contributed by atoms with Crippen LogP contribution in [0.15, 0.2) is 10.5 Å². The van der Waals surface area contributed by atoms with Crippen molar-refractivity contribution in [2.24, 2.45) is 5.73 Å². The van der Waals surface area contributed by atoms with Gasteiger partial charge in [0.2, 0.25) is 0 Å². The summed E-state index contributed by atoms with van der Waals surface area (Å²) in [6, 6.07) is 2.06. The zero-order chi connectivity index (χ0) is 9.84. The summed E-state index contributed by atoms with van der Waals surface area (Å²) in [5.41, 5.74) is 6.67. The third-order valence-electron chi connectivity index (χ3n) is 2.22. The van der Waals surface area contributed by atoms with Gasteiger partial charge in [-0.25, -0.2) is 0 Å². The lowest BCUT2D eigenvalue weighted by Gasteiger charge is -2.10. The third-order valence-corrected chi connectivity index (χ3v) is 2.22. The Kier molecular flexibility index (Phi) is 3.51. The van der Waals surface area contributed by atoms with Crippen LogP contribution in [0.5, 0.6) is 0 Å². The molecule has 2 N–H and O–H groups in total. The SMILES string of the molecule is CCN(C)Cc1cc(C)c(CN)o1. The van der Waals surface area contributed by atoms with Gasteiger partial charge in [0.25, 0.3) is 0 Å². The van der Waals surface area contributed by atoms with Crippen LogP contribution in [0.3, 0.4) is 0 Å². The summed E-state index contributed by atoms with van der Waals surface area (Å²) in [4.78, 5) is 2.19. The lowest BCUT2D eigenvalue weighted by molar-refractivity contribution is 0.304. The van der Waals surface area contributed by atoms with Crippen LogP contribution in [0.25, 0.3) is 0 Å². The highest BCUT2D eigenvalue weighted by Gasteiger charge is 2.06. The van der Waals surface area contributed by atoms with E-state index in [-0.39, 0.29) is 0 Å². The molecule has 0 radical (unpaired) electrons. The van der Waals surface area contributed by atoms with Crippen LogP contribution in [-0.4, -0.2) is 18.5 Å². The monoisotopic (exact) mass is 182 g/mol. The molecular formula is C10H18N2O. The molecule has 0 atom stereocenters. The molecular weight excluding hydrogens is 164 g/mol. The van der Waals surface area contributed by atoms with E-state index < -0.39 is 0 Å². The molecule has 0 aromatic carbocycles. The van der Waals surface area contributed by atoms with Gasteiger partial charge >= 0.3 is 0 Å². The number of aryl methyl sites for hydroxylation is 1. The maximum absolute atomic E-state index is 5.57. The van der Waals surface area contributed by atoms with Gasteiger partial charge in [-0.15, -0.1) is 0 Å². The summed E-state index contributed by atoms with van der Waals surface area (Å²) >= 11 is 0. The molecule has 0 bridgehead atoms. The molecule has 3 nitrogen and oxygen atoms in total. The Labute approximate surface area is 79.5 Å². The van der Waals surface area contributed by atoms with Crippen LogP contribution in [0.4, 0.5) is 0 Å². The van der Waals surface area contributed by atoms with Crippen molar-refractivity contribution in [2.45, 2.75) is 26.9 Å². The van der Waals surface area contributed by atoms with E-state index in [0.29, 0.717) is 6.54 Å². The van der Waals surface area contributed by atoms with Gasteiger partial charge < -0.3 is 10.2 Å². The molecule has 0 aliphatic carbocycles. The summed E-state index contributed by atoms with van der Waals surface area (Å²) in [6.07, 6.45) is 0. The molecule has 1 heterocycles. The first kappa shape index (κ1) is 10.3. The number of nitrogens with two attached hydrogens (primary N) is 1. The van der Waals surface area contributed by atoms with Crippen molar-refractivity contribution in [3.63, 3.8) is 0 Å². The zero-order valence-corrected chi connectivity index (χ0v) is 8.63. The number of hydrogen-bond acceptors (Lipinski definition) is 3. The molecule has 0 spiro atoms. The molecule has 1 aromatic rings. The van der Waals surface area contributed by atoms with Crippen LogP contribution < -0.4 is 5.73 Å². The molecule has 74 valence electrons. The maximum Gasteiger partial charge on any atom is 0.120 e. The van der Waals surface area contributed by atoms with Crippen molar-refractivity contribution in [3.8, 4) is 0 Å². The minimum atomic E-state index is 0.488. The largest absolute Gasteiger partial charge is 0.463 e. The topological polar surface area (TPSA) is 42.4 Å².